The van der Waals surface area contributed by atoms with E-state index in [4.69, 9.17) is 9.84 Å². The Bertz CT molecular complexity index is 259. The summed E-state index contributed by atoms with van der Waals surface area (Å²) < 4.78 is 5.72. The van der Waals surface area contributed by atoms with E-state index in [1.54, 1.807) is 13.8 Å². The van der Waals surface area contributed by atoms with Crippen molar-refractivity contribution in [3.63, 3.8) is 0 Å². The number of aliphatic hydroxyl groups excluding tert-OH is 1. The average Bonchev–Trinajstić information content (AvgIpc) is 2.23. The van der Waals surface area contributed by atoms with E-state index in [2.05, 4.69) is 5.32 Å². The molecule has 0 atom stereocenters. The Morgan fingerprint density at radius 3 is 2.37 bits per heavy atom. The van der Waals surface area contributed by atoms with Gasteiger partial charge >= 0.3 is 0 Å². The number of aliphatic hydroxyl groups is 2. The van der Waals surface area contributed by atoms with E-state index in [0.29, 0.717) is 38.8 Å². The number of carbonyl (C=O) groups is 1. The summed E-state index contributed by atoms with van der Waals surface area (Å²) in [6.45, 7) is 8.54. The molecule has 3 N–H and O–H groups in total. The lowest BCUT2D eigenvalue weighted by atomic mass is 10.0. The zero-order chi connectivity index (χ0) is 14.9. The van der Waals surface area contributed by atoms with Gasteiger partial charge in [-0.25, -0.2) is 0 Å². The molecule has 0 aliphatic carbocycles. The molecule has 5 heteroatoms. The lowest BCUT2D eigenvalue weighted by Gasteiger charge is -2.27. The molecule has 0 aliphatic heterocycles. The normalized spacial score (nSPS) is 12.5. The van der Waals surface area contributed by atoms with Crippen LogP contribution in [0.15, 0.2) is 0 Å². The van der Waals surface area contributed by atoms with Crippen LogP contribution in [0.1, 0.15) is 53.4 Å². The van der Waals surface area contributed by atoms with E-state index in [-0.39, 0.29) is 18.1 Å². The van der Waals surface area contributed by atoms with Gasteiger partial charge in [-0.3, -0.25) is 4.79 Å². The predicted molar refractivity (Wildman–Crippen MR) is 74.9 cm³/mol. The maximum Gasteiger partial charge on any atom is 0.220 e. The lowest BCUT2D eigenvalue weighted by Crippen LogP contribution is -2.34. The van der Waals surface area contributed by atoms with E-state index in [0.717, 1.165) is 0 Å². The third-order valence-corrected chi connectivity index (χ3v) is 2.82. The third-order valence-electron chi connectivity index (χ3n) is 2.82. The molecule has 19 heavy (non-hydrogen) atoms. The van der Waals surface area contributed by atoms with Gasteiger partial charge in [-0.1, -0.05) is 0 Å². The first-order chi connectivity index (χ1) is 8.66. The Balaban J connectivity index is 3.75. The minimum Gasteiger partial charge on any atom is -0.396 e. The topological polar surface area (TPSA) is 78.8 Å². The van der Waals surface area contributed by atoms with Gasteiger partial charge in [0.25, 0.3) is 0 Å². The standard InChI is InChI=1S/C14H29NO4/c1-13(2,18)8-11-19-14(3,4)7-9-15-12(17)6-5-10-16/h16,18H,5-11H2,1-4H3,(H,15,17). The van der Waals surface area contributed by atoms with Gasteiger partial charge in [0.15, 0.2) is 0 Å². The van der Waals surface area contributed by atoms with Crippen molar-refractivity contribution in [2.24, 2.45) is 0 Å². The first-order valence-electron chi connectivity index (χ1n) is 6.90. The van der Waals surface area contributed by atoms with Crippen molar-refractivity contribution in [2.75, 3.05) is 19.8 Å². The fourth-order valence-corrected chi connectivity index (χ4v) is 1.48. The van der Waals surface area contributed by atoms with Gasteiger partial charge < -0.3 is 20.3 Å². The largest absolute Gasteiger partial charge is 0.396 e. The van der Waals surface area contributed by atoms with Gasteiger partial charge in [0, 0.05) is 19.6 Å². The zero-order valence-corrected chi connectivity index (χ0v) is 12.7. The summed E-state index contributed by atoms with van der Waals surface area (Å²) in [5.41, 5.74) is -1.04. The Hall–Kier alpha value is -0.650. The van der Waals surface area contributed by atoms with E-state index in [9.17, 15) is 9.90 Å². The minimum atomic E-state index is -0.714. The van der Waals surface area contributed by atoms with Crippen LogP contribution in [0.25, 0.3) is 0 Å². The second-order valence-corrected chi connectivity index (χ2v) is 6.10. The van der Waals surface area contributed by atoms with Gasteiger partial charge in [-0.15, -0.1) is 0 Å². The Morgan fingerprint density at radius 1 is 1.21 bits per heavy atom. The number of rotatable bonds is 10. The molecule has 0 saturated carbocycles. The summed E-state index contributed by atoms with van der Waals surface area (Å²) in [5, 5.41) is 21.0. The highest BCUT2D eigenvalue weighted by Crippen LogP contribution is 2.16. The van der Waals surface area contributed by atoms with Crippen LogP contribution in [-0.4, -0.2) is 47.1 Å². The number of hydrogen-bond donors (Lipinski definition) is 3. The molecule has 0 fully saturated rings. The van der Waals surface area contributed by atoms with E-state index < -0.39 is 5.60 Å². The maximum atomic E-state index is 11.3. The molecule has 0 radical (unpaired) electrons. The van der Waals surface area contributed by atoms with Crippen LogP contribution in [-0.2, 0) is 9.53 Å². The van der Waals surface area contributed by atoms with Crippen molar-refractivity contribution in [1.82, 2.24) is 5.32 Å². The van der Waals surface area contributed by atoms with E-state index in [1.165, 1.54) is 0 Å². The van der Waals surface area contributed by atoms with Crippen LogP contribution in [0.2, 0.25) is 0 Å². The highest BCUT2D eigenvalue weighted by molar-refractivity contribution is 5.75. The molecule has 5 nitrogen and oxygen atoms in total. The van der Waals surface area contributed by atoms with Crippen molar-refractivity contribution in [3.8, 4) is 0 Å². The molecular formula is C14H29NO4. The van der Waals surface area contributed by atoms with Crippen molar-refractivity contribution >= 4 is 5.91 Å². The van der Waals surface area contributed by atoms with Gasteiger partial charge in [0.05, 0.1) is 17.8 Å². The molecule has 0 aromatic rings. The van der Waals surface area contributed by atoms with Crippen molar-refractivity contribution < 1.29 is 19.7 Å². The number of nitrogens with one attached hydrogen (secondary N) is 1. The van der Waals surface area contributed by atoms with E-state index >= 15 is 0 Å². The average molecular weight is 275 g/mol. The molecule has 0 rings (SSSR count). The molecule has 0 heterocycles. The zero-order valence-electron chi connectivity index (χ0n) is 12.7. The monoisotopic (exact) mass is 275 g/mol. The second kappa shape index (κ2) is 8.51. The van der Waals surface area contributed by atoms with Gasteiger partial charge in [-0.05, 0) is 47.0 Å². The Kier molecular flexibility index (Phi) is 8.22. The molecule has 0 aromatic carbocycles. The second-order valence-electron chi connectivity index (χ2n) is 6.10. The molecule has 0 aromatic heterocycles. The maximum absolute atomic E-state index is 11.3. The fourth-order valence-electron chi connectivity index (χ4n) is 1.48. The lowest BCUT2D eigenvalue weighted by molar-refractivity contribution is -0.121. The van der Waals surface area contributed by atoms with Crippen molar-refractivity contribution in [3.05, 3.63) is 0 Å². The quantitative estimate of drug-likeness (QED) is 0.560. The molecule has 0 spiro atoms. The van der Waals surface area contributed by atoms with Crippen LogP contribution < -0.4 is 5.32 Å². The first kappa shape index (κ1) is 18.4. The summed E-state index contributed by atoms with van der Waals surface area (Å²) >= 11 is 0. The smallest absolute Gasteiger partial charge is 0.220 e. The van der Waals surface area contributed by atoms with Crippen molar-refractivity contribution in [1.29, 1.82) is 0 Å². The molecule has 114 valence electrons. The van der Waals surface area contributed by atoms with Gasteiger partial charge in [0.2, 0.25) is 5.91 Å². The molecular weight excluding hydrogens is 246 g/mol. The summed E-state index contributed by atoms with van der Waals surface area (Å²) in [4.78, 5) is 11.3. The van der Waals surface area contributed by atoms with Crippen LogP contribution in [0.5, 0.6) is 0 Å². The fraction of sp³-hybridized carbons (Fsp3) is 0.929. The molecule has 1 amide bonds. The number of hydrogen-bond acceptors (Lipinski definition) is 4. The highest BCUT2D eigenvalue weighted by atomic mass is 16.5. The summed E-state index contributed by atoms with van der Waals surface area (Å²) in [7, 11) is 0. The first-order valence-corrected chi connectivity index (χ1v) is 6.90. The highest BCUT2D eigenvalue weighted by Gasteiger charge is 2.20. The third kappa shape index (κ3) is 12.1. The molecule has 0 aliphatic rings. The summed E-state index contributed by atoms with van der Waals surface area (Å²) in [6.07, 6.45) is 2.15. The Morgan fingerprint density at radius 2 is 1.84 bits per heavy atom. The molecule has 0 bridgehead atoms. The summed E-state index contributed by atoms with van der Waals surface area (Å²) in [6, 6.07) is 0. The SMILES string of the molecule is CC(C)(O)CCOC(C)(C)CCNC(=O)CCCO. The molecule has 0 unspecified atom stereocenters. The minimum absolute atomic E-state index is 0.0404. The summed E-state index contributed by atoms with van der Waals surface area (Å²) in [5.74, 6) is -0.0404. The van der Waals surface area contributed by atoms with Gasteiger partial charge in [0.1, 0.15) is 0 Å². The molecule has 0 saturated heterocycles. The predicted octanol–water partition coefficient (Wildman–Crippen LogP) is 1.22. The van der Waals surface area contributed by atoms with Crippen LogP contribution in [0, 0.1) is 0 Å². The van der Waals surface area contributed by atoms with Gasteiger partial charge in [-0.2, -0.15) is 0 Å². The Labute approximate surface area is 116 Å². The number of amides is 1. The van der Waals surface area contributed by atoms with E-state index in [1.807, 2.05) is 13.8 Å². The van der Waals surface area contributed by atoms with Crippen LogP contribution in [0.3, 0.4) is 0 Å². The number of carbonyl (C=O) groups excluding carboxylic acids is 1. The van der Waals surface area contributed by atoms with Crippen molar-refractivity contribution in [2.45, 2.75) is 64.6 Å². The number of ether oxygens (including phenoxy) is 1. The van der Waals surface area contributed by atoms with Crippen LogP contribution >= 0.6 is 0 Å². The van der Waals surface area contributed by atoms with Crippen LogP contribution in [0.4, 0.5) is 0 Å².